The molecule has 0 saturated carbocycles. The molecule has 0 fully saturated rings. The van der Waals surface area contributed by atoms with Gasteiger partial charge in [-0.15, -0.1) is 0 Å². The van der Waals surface area contributed by atoms with Crippen LogP contribution in [0.4, 0.5) is 18.9 Å². The molecule has 0 aliphatic carbocycles. The Kier molecular flexibility index (Phi) is 4.41. The highest BCUT2D eigenvalue weighted by Crippen LogP contribution is 2.34. The fraction of sp³-hybridized carbons (Fsp3) is 0.111. The maximum Gasteiger partial charge on any atom is 0.418 e. The molecule has 2 aromatic carbocycles. The number of alkyl halides is 3. The topological polar surface area (TPSA) is 75.3 Å². The van der Waals surface area contributed by atoms with Gasteiger partial charge in [0.1, 0.15) is 5.56 Å². The average molecular weight is 362 g/mol. The van der Waals surface area contributed by atoms with Crippen LogP contribution in [0.3, 0.4) is 0 Å². The van der Waals surface area contributed by atoms with Crippen molar-refractivity contribution in [2.75, 3.05) is 12.4 Å². The van der Waals surface area contributed by atoms with Gasteiger partial charge in [-0.25, -0.2) is 0 Å². The molecule has 0 saturated heterocycles. The number of ether oxygens (including phenoxy) is 1. The molecule has 3 rings (SSSR count). The van der Waals surface area contributed by atoms with Gasteiger partial charge in [-0.1, -0.05) is 24.3 Å². The van der Waals surface area contributed by atoms with Gasteiger partial charge in [-0.2, -0.15) is 13.2 Å². The molecule has 0 atom stereocenters. The number of benzene rings is 2. The fourth-order valence-corrected chi connectivity index (χ4v) is 2.49. The van der Waals surface area contributed by atoms with Crippen molar-refractivity contribution in [3.8, 4) is 5.75 Å². The van der Waals surface area contributed by atoms with E-state index in [1.165, 1.54) is 25.3 Å². The third kappa shape index (κ3) is 3.26. The Morgan fingerprint density at radius 2 is 1.88 bits per heavy atom. The fourth-order valence-electron chi connectivity index (χ4n) is 2.49. The van der Waals surface area contributed by atoms with Gasteiger partial charge in [-0.05, 0) is 24.3 Å². The molecule has 1 aromatic heterocycles. The third-order valence-corrected chi connectivity index (χ3v) is 3.70. The zero-order valence-corrected chi connectivity index (χ0v) is 13.5. The van der Waals surface area contributed by atoms with Gasteiger partial charge in [0.15, 0.2) is 11.3 Å². The summed E-state index contributed by atoms with van der Waals surface area (Å²) in [5, 5.41) is 10.6. The summed E-state index contributed by atoms with van der Waals surface area (Å²) < 4.78 is 49.6. The van der Waals surface area contributed by atoms with Gasteiger partial charge in [0.25, 0.3) is 5.91 Å². The smallest absolute Gasteiger partial charge is 0.418 e. The van der Waals surface area contributed by atoms with E-state index in [9.17, 15) is 18.0 Å². The zero-order chi connectivity index (χ0) is 18.9. The highest BCUT2D eigenvalue weighted by Gasteiger charge is 2.33. The highest BCUT2D eigenvalue weighted by molar-refractivity contribution is 6.06. The SMILES string of the molecule is COc1cccc2cc(C(=O)Nc3ccccc3C(F)(F)F)c(=N)oc12. The molecule has 5 nitrogen and oxygen atoms in total. The summed E-state index contributed by atoms with van der Waals surface area (Å²) in [7, 11) is 1.43. The zero-order valence-electron chi connectivity index (χ0n) is 13.5. The summed E-state index contributed by atoms with van der Waals surface area (Å²) in [6.07, 6.45) is -4.62. The second-order valence-electron chi connectivity index (χ2n) is 5.37. The Bertz CT molecular complexity index is 1040. The van der Waals surface area contributed by atoms with Crippen molar-refractivity contribution in [3.63, 3.8) is 0 Å². The second kappa shape index (κ2) is 6.55. The number of hydrogen-bond donors (Lipinski definition) is 2. The van der Waals surface area contributed by atoms with Crippen LogP contribution >= 0.6 is 0 Å². The molecule has 2 N–H and O–H groups in total. The van der Waals surface area contributed by atoms with Crippen molar-refractivity contribution in [1.29, 1.82) is 5.41 Å². The molecule has 0 aliphatic rings. The molecule has 26 heavy (non-hydrogen) atoms. The van der Waals surface area contributed by atoms with E-state index in [-0.39, 0.29) is 11.1 Å². The molecule has 0 spiro atoms. The van der Waals surface area contributed by atoms with Gasteiger partial charge in [0.2, 0.25) is 5.55 Å². The lowest BCUT2D eigenvalue weighted by molar-refractivity contribution is -0.136. The number of methoxy groups -OCH3 is 1. The van der Waals surface area contributed by atoms with Gasteiger partial charge in [-0.3, -0.25) is 10.2 Å². The highest BCUT2D eigenvalue weighted by atomic mass is 19.4. The first-order valence-electron chi connectivity index (χ1n) is 7.44. The molecule has 0 aliphatic heterocycles. The number of hydrogen-bond acceptors (Lipinski definition) is 4. The predicted molar refractivity (Wildman–Crippen MR) is 88.0 cm³/mol. The standard InChI is InChI=1S/C18H13F3N2O3/c1-25-14-8-4-5-10-9-11(16(22)26-15(10)14)17(24)23-13-7-3-2-6-12(13)18(19,20)21/h2-9,22H,1H3,(H,23,24). The Morgan fingerprint density at radius 1 is 1.15 bits per heavy atom. The average Bonchev–Trinajstić information content (AvgIpc) is 2.60. The molecule has 0 unspecified atom stereocenters. The largest absolute Gasteiger partial charge is 0.493 e. The van der Waals surface area contributed by atoms with Crippen LogP contribution in [0.25, 0.3) is 11.0 Å². The summed E-state index contributed by atoms with van der Waals surface area (Å²) in [4.78, 5) is 12.4. The van der Waals surface area contributed by atoms with E-state index in [0.29, 0.717) is 11.1 Å². The van der Waals surface area contributed by atoms with E-state index >= 15 is 0 Å². The van der Waals surface area contributed by atoms with E-state index in [4.69, 9.17) is 14.6 Å². The number of carbonyl (C=O) groups excluding carboxylic acids is 1. The van der Waals surface area contributed by atoms with Crippen LogP contribution in [-0.2, 0) is 6.18 Å². The Morgan fingerprint density at radius 3 is 2.58 bits per heavy atom. The maximum atomic E-state index is 13.1. The first-order chi connectivity index (χ1) is 12.3. The number of fused-ring (bicyclic) bond motifs is 1. The number of halogens is 3. The van der Waals surface area contributed by atoms with Crippen LogP contribution in [0.1, 0.15) is 15.9 Å². The number of rotatable bonds is 3. The van der Waals surface area contributed by atoms with Gasteiger partial charge in [0, 0.05) is 5.39 Å². The third-order valence-electron chi connectivity index (χ3n) is 3.70. The Balaban J connectivity index is 2.02. The predicted octanol–water partition coefficient (Wildman–Crippen LogP) is 4.19. The maximum absolute atomic E-state index is 13.1. The molecule has 0 bridgehead atoms. The molecule has 3 aromatic rings. The van der Waals surface area contributed by atoms with Crippen molar-refractivity contribution < 1.29 is 27.1 Å². The van der Waals surface area contributed by atoms with E-state index in [1.54, 1.807) is 18.2 Å². The lowest BCUT2D eigenvalue weighted by atomic mass is 10.1. The number of carbonyl (C=O) groups is 1. The van der Waals surface area contributed by atoms with Crippen LogP contribution < -0.4 is 15.6 Å². The van der Waals surface area contributed by atoms with E-state index in [1.807, 2.05) is 0 Å². The normalized spacial score (nSPS) is 11.4. The molecule has 0 radical (unpaired) electrons. The van der Waals surface area contributed by atoms with Crippen molar-refractivity contribution in [1.82, 2.24) is 0 Å². The minimum absolute atomic E-state index is 0.192. The van der Waals surface area contributed by atoms with Crippen molar-refractivity contribution in [3.05, 3.63) is 65.2 Å². The lowest BCUT2D eigenvalue weighted by Crippen LogP contribution is -2.22. The first kappa shape index (κ1) is 17.5. The van der Waals surface area contributed by atoms with E-state index < -0.39 is 28.9 Å². The minimum Gasteiger partial charge on any atom is -0.493 e. The van der Waals surface area contributed by atoms with Crippen LogP contribution in [0.15, 0.2) is 52.9 Å². The molecular formula is C18H13F3N2O3. The number of nitrogens with one attached hydrogen (secondary N) is 2. The van der Waals surface area contributed by atoms with Crippen LogP contribution in [0.2, 0.25) is 0 Å². The van der Waals surface area contributed by atoms with Gasteiger partial charge >= 0.3 is 6.18 Å². The summed E-state index contributed by atoms with van der Waals surface area (Å²) in [5.74, 6) is -0.495. The second-order valence-corrected chi connectivity index (χ2v) is 5.37. The lowest BCUT2D eigenvalue weighted by Gasteiger charge is -2.13. The molecule has 1 heterocycles. The summed E-state index contributed by atoms with van der Waals surface area (Å²) in [5.41, 5.74) is -1.77. The van der Waals surface area contributed by atoms with Crippen molar-refractivity contribution in [2.24, 2.45) is 0 Å². The molecule has 134 valence electrons. The van der Waals surface area contributed by atoms with Crippen LogP contribution in [0.5, 0.6) is 5.75 Å². The van der Waals surface area contributed by atoms with Crippen LogP contribution in [0, 0.1) is 5.41 Å². The summed E-state index contributed by atoms with van der Waals surface area (Å²) in [6.45, 7) is 0. The van der Waals surface area contributed by atoms with Crippen molar-refractivity contribution >= 4 is 22.6 Å². The molecular weight excluding hydrogens is 349 g/mol. The van der Waals surface area contributed by atoms with E-state index in [2.05, 4.69) is 5.32 Å². The van der Waals surface area contributed by atoms with E-state index in [0.717, 1.165) is 12.1 Å². The van der Waals surface area contributed by atoms with Gasteiger partial charge < -0.3 is 14.5 Å². The Labute approximate surface area is 145 Å². The number of para-hydroxylation sites is 2. The molecule has 1 amide bonds. The van der Waals surface area contributed by atoms with Gasteiger partial charge in [0.05, 0.1) is 18.4 Å². The summed E-state index contributed by atoms with van der Waals surface area (Å²) in [6, 6.07) is 10.9. The Hall–Kier alpha value is -3.29. The monoisotopic (exact) mass is 362 g/mol. The molecule has 8 heteroatoms. The number of amides is 1. The number of anilines is 1. The first-order valence-corrected chi connectivity index (χ1v) is 7.44. The van der Waals surface area contributed by atoms with Crippen molar-refractivity contribution in [2.45, 2.75) is 6.18 Å². The minimum atomic E-state index is -4.62. The summed E-state index contributed by atoms with van der Waals surface area (Å²) >= 11 is 0. The van der Waals surface area contributed by atoms with Crippen LogP contribution in [-0.4, -0.2) is 13.0 Å². The quantitative estimate of drug-likeness (QED) is 0.734.